The molecular weight excluding hydrogens is 273 g/mol. The maximum atomic E-state index is 13.0. The molecule has 1 N–H and O–H groups in total. The van der Waals surface area contributed by atoms with Gasteiger partial charge in [0.15, 0.2) is 0 Å². The maximum absolute atomic E-state index is 13.0. The first-order valence-corrected chi connectivity index (χ1v) is 7.07. The molecule has 1 aliphatic heterocycles. The van der Waals surface area contributed by atoms with Crippen LogP contribution in [0.4, 0.5) is 9.57 Å². The van der Waals surface area contributed by atoms with Crippen molar-refractivity contribution in [2.24, 2.45) is 0 Å². The Morgan fingerprint density at radius 2 is 2.21 bits per heavy atom. The first-order valence-electron chi connectivity index (χ1n) is 5.63. The van der Waals surface area contributed by atoms with Gasteiger partial charge < -0.3 is 4.90 Å². The highest BCUT2D eigenvalue weighted by Gasteiger charge is 2.39. The summed E-state index contributed by atoms with van der Waals surface area (Å²) in [7, 11) is -4.70. The largest absolute Gasteiger partial charge is 0.309 e. The van der Waals surface area contributed by atoms with E-state index in [0.29, 0.717) is 11.2 Å². The molecule has 1 saturated heterocycles. The number of anilines is 1. The molecule has 2 heterocycles. The summed E-state index contributed by atoms with van der Waals surface area (Å²) in [5, 5.41) is 6.13. The average molecular weight is 283 g/mol. The zero-order chi connectivity index (χ0) is 13.6. The van der Waals surface area contributed by atoms with Gasteiger partial charge in [-0.2, -0.15) is 13.5 Å². The van der Waals surface area contributed by atoms with E-state index in [1.165, 1.54) is 4.90 Å². The normalized spacial score (nSPS) is 20.4. The highest BCUT2D eigenvalue weighted by Crippen LogP contribution is 2.30. The van der Waals surface area contributed by atoms with Gasteiger partial charge in [0.05, 0.1) is 17.4 Å². The van der Waals surface area contributed by atoms with E-state index in [4.69, 9.17) is 0 Å². The number of carbonyl (C=O) groups is 1. The van der Waals surface area contributed by atoms with E-state index in [0.717, 1.165) is 5.39 Å². The summed E-state index contributed by atoms with van der Waals surface area (Å²) < 4.78 is 34.8. The van der Waals surface area contributed by atoms with E-state index >= 15 is 0 Å². The quantitative estimate of drug-likeness (QED) is 0.832. The molecule has 1 amide bonds. The third-order valence-electron chi connectivity index (χ3n) is 3.23. The van der Waals surface area contributed by atoms with Crippen LogP contribution in [0.25, 0.3) is 10.9 Å². The molecule has 1 atom stereocenters. The molecule has 6 nitrogen and oxygen atoms in total. The topological polar surface area (TPSA) is 83.1 Å². The Bertz CT molecular complexity index is 755. The highest BCUT2D eigenvalue weighted by atomic mass is 32.3. The Morgan fingerprint density at radius 3 is 2.89 bits per heavy atom. The number of para-hydroxylation sites is 1. The number of aromatic amines is 1. The molecule has 2 aromatic rings. The summed E-state index contributed by atoms with van der Waals surface area (Å²) in [6, 6.07) is 5.22. The Labute approximate surface area is 108 Å². The number of benzene rings is 1. The summed E-state index contributed by atoms with van der Waals surface area (Å²) >= 11 is 0. The number of nitrogens with one attached hydrogen (secondary N) is 1. The molecule has 8 heteroatoms. The van der Waals surface area contributed by atoms with Crippen molar-refractivity contribution < 1.29 is 17.1 Å². The number of halogens is 1. The van der Waals surface area contributed by atoms with E-state index in [1.807, 2.05) is 6.07 Å². The van der Waals surface area contributed by atoms with Crippen molar-refractivity contribution in [2.45, 2.75) is 11.7 Å². The van der Waals surface area contributed by atoms with Crippen LogP contribution in [-0.2, 0) is 15.0 Å². The van der Waals surface area contributed by atoms with Gasteiger partial charge in [0, 0.05) is 18.4 Å². The molecule has 0 radical (unpaired) electrons. The minimum Gasteiger partial charge on any atom is -0.309 e. The molecule has 0 spiro atoms. The standard InChI is InChI=1S/C11H10FN3O3S/c12-19(17,18)8-4-10(16)15(6-8)9-3-1-2-7-5-13-14-11(7)9/h1-3,5,8H,4,6H2,(H,13,14). The average Bonchev–Trinajstić information content (AvgIpc) is 2.93. The first kappa shape index (κ1) is 12.1. The Balaban J connectivity index is 2.04. The van der Waals surface area contributed by atoms with Crippen LogP contribution in [0.5, 0.6) is 0 Å². The van der Waals surface area contributed by atoms with Gasteiger partial charge in [-0.25, -0.2) is 0 Å². The van der Waals surface area contributed by atoms with Gasteiger partial charge in [0.25, 0.3) is 0 Å². The lowest BCUT2D eigenvalue weighted by molar-refractivity contribution is -0.117. The second kappa shape index (κ2) is 4.02. The lowest BCUT2D eigenvalue weighted by Gasteiger charge is -2.16. The SMILES string of the molecule is O=C1CC(S(=O)(=O)F)CN1c1cccc2cn[nH]c12. The zero-order valence-corrected chi connectivity index (χ0v) is 10.5. The fourth-order valence-corrected chi connectivity index (χ4v) is 2.94. The first-order chi connectivity index (χ1) is 8.97. The third-order valence-corrected chi connectivity index (χ3v) is 4.35. The van der Waals surface area contributed by atoms with E-state index in [-0.39, 0.29) is 13.0 Å². The minimum absolute atomic E-state index is 0.171. The monoisotopic (exact) mass is 283 g/mol. The highest BCUT2D eigenvalue weighted by molar-refractivity contribution is 7.87. The van der Waals surface area contributed by atoms with Gasteiger partial charge in [-0.1, -0.05) is 12.1 Å². The Morgan fingerprint density at radius 1 is 1.42 bits per heavy atom. The molecule has 1 unspecified atom stereocenters. The molecule has 100 valence electrons. The molecule has 0 saturated carbocycles. The molecular formula is C11H10FN3O3S. The van der Waals surface area contributed by atoms with Gasteiger partial charge in [0.1, 0.15) is 5.25 Å². The van der Waals surface area contributed by atoms with E-state index in [2.05, 4.69) is 10.2 Å². The van der Waals surface area contributed by atoms with E-state index < -0.39 is 21.4 Å². The minimum atomic E-state index is -4.70. The van der Waals surface area contributed by atoms with Crippen LogP contribution in [0.3, 0.4) is 0 Å². The number of amides is 1. The van der Waals surface area contributed by atoms with E-state index in [9.17, 15) is 17.1 Å². The molecule has 1 aromatic heterocycles. The van der Waals surface area contributed by atoms with Crippen LogP contribution in [-0.4, -0.2) is 36.3 Å². The van der Waals surface area contributed by atoms with Crippen LogP contribution < -0.4 is 4.90 Å². The molecule has 0 bridgehead atoms. The molecule has 1 fully saturated rings. The van der Waals surface area contributed by atoms with Crippen molar-refractivity contribution >= 4 is 32.7 Å². The summed E-state index contributed by atoms with van der Waals surface area (Å²) in [5.41, 5.74) is 1.15. The lowest BCUT2D eigenvalue weighted by Crippen LogP contribution is -2.27. The van der Waals surface area contributed by atoms with Gasteiger partial charge in [0.2, 0.25) is 5.91 Å². The predicted molar refractivity (Wildman–Crippen MR) is 66.9 cm³/mol. The molecule has 3 rings (SSSR count). The number of aromatic nitrogens is 2. The van der Waals surface area contributed by atoms with Crippen molar-refractivity contribution in [3.8, 4) is 0 Å². The Hall–Kier alpha value is -1.96. The second-order valence-electron chi connectivity index (χ2n) is 4.42. The number of carbonyl (C=O) groups excluding carboxylic acids is 1. The van der Waals surface area contributed by atoms with Crippen LogP contribution in [0, 0.1) is 0 Å². The number of H-pyrrole nitrogens is 1. The number of nitrogens with zero attached hydrogens (tertiary/aromatic N) is 2. The number of fused-ring (bicyclic) bond motifs is 1. The maximum Gasteiger partial charge on any atom is 0.307 e. The van der Waals surface area contributed by atoms with Gasteiger partial charge in [-0.3, -0.25) is 9.89 Å². The van der Waals surface area contributed by atoms with Gasteiger partial charge in [-0.15, -0.1) is 3.89 Å². The van der Waals surface area contributed by atoms with Crippen molar-refractivity contribution in [3.63, 3.8) is 0 Å². The molecule has 1 aromatic carbocycles. The van der Waals surface area contributed by atoms with Crippen molar-refractivity contribution in [3.05, 3.63) is 24.4 Å². The number of hydrogen-bond acceptors (Lipinski definition) is 4. The summed E-state index contributed by atoms with van der Waals surface area (Å²) in [6.45, 7) is -0.171. The summed E-state index contributed by atoms with van der Waals surface area (Å²) in [6.07, 6.45) is 1.27. The van der Waals surface area contributed by atoms with E-state index in [1.54, 1.807) is 18.3 Å². The molecule has 1 aliphatic rings. The predicted octanol–water partition coefficient (Wildman–Crippen LogP) is 0.968. The van der Waals surface area contributed by atoms with Crippen LogP contribution in [0.15, 0.2) is 24.4 Å². The van der Waals surface area contributed by atoms with Crippen molar-refractivity contribution in [2.75, 3.05) is 11.4 Å². The Kier molecular flexibility index (Phi) is 2.56. The van der Waals surface area contributed by atoms with Crippen LogP contribution in [0.2, 0.25) is 0 Å². The summed E-state index contributed by atoms with van der Waals surface area (Å²) in [4.78, 5) is 13.1. The third kappa shape index (κ3) is 1.97. The molecule has 19 heavy (non-hydrogen) atoms. The van der Waals surface area contributed by atoms with Crippen molar-refractivity contribution in [1.82, 2.24) is 10.2 Å². The zero-order valence-electron chi connectivity index (χ0n) is 9.71. The van der Waals surface area contributed by atoms with Gasteiger partial charge in [-0.05, 0) is 6.07 Å². The van der Waals surface area contributed by atoms with Crippen molar-refractivity contribution in [1.29, 1.82) is 0 Å². The van der Waals surface area contributed by atoms with Crippen LogP contribution >= 0.6 is 0 Å². The number of hydrogen-bond donors (Lipinski definition) is 1. The van der Waals surface area contributed by atoms with Crippen LogP contribution in [0.1, 0.15) is 6.42 Å². The van der Waals surface area contributed by atoms with Gasteiger partial charge >= 0.3 is 10.2 Å². The fraction of sp³-hybridized carbons (Fsp3) is 0.273. The smallest absolute Gasteiger partial charge is 0.307 e. The second-order valence-corrected chi connectivity index (χ2v) is 6.04. The lowest BCUT2D eigenvalue weighted by atomic mass is 10.2. The fourth-order valence-electron chi connectivity index (χ4n) is 2.27. The number of rotatable bonds is 2. The summed E-state index contributed by atoms with van der Waals surface area (Å²) in [5.74, 6) is -0.409. The molecule has 0 aliphatic carbocycles.